The predicted octanol–water partition coefficient (Wildman–Crippen LogP) is 22.6. The van der Waals surface area contributed by atoms with E-state index in [-0.39, 0.29) is 32.5 Å². The van der Waals surface area contributed by atoms with Gasteiger partial charge in [0.15, 0.2) is 5.82 Å². The van der Waals surface area contributed by atoms with Gasteiger partial charge in [-0.25, -0.2) is 9.97 Å². The predicted molar refractivity (Wildman–Crippen MR) is 374 cm³/mol. The quantitative estimate of drug-likeness (QED) is 0.166. The molecule has 0 radical (unpaired) electrons. The lowest BCUT2D eigenvalue weighted by atomic mass is 9.85. The maximum absolute atomic E-state index is 5.67. The van der Waals surface area contributed by atoms with Gasteiger partial charge in [0.1, 0.15) is 0 Å². The molecule has 438 valence electrons. The molecule has 4 heterocycles. The van der Waals surface area contributed by atoms with Crippen LogP contribution in [0.2, 0.25) is 0 Å². The van der Waals surface area contributed by atoms with Crippen LogP contribution in [-0.4, -0.2) is 23.7 Å². The van der Waals surface area contributed by atoms with Gasteiger partial charge >= 0.3 is 0 Å². The van der Waals surface area contributed by atoms with E-state index in [1.165, 1.54) is 65.7 Å². The summed E-state index contributed by atoms with van der Waals surface area (Å²) >= 11 is 0. The molecule has 13 rings (SSSR count). The Kier molecular flexibility index (Phi) is 13.2. The molecule has 0 fully saturated rings. The van der Waals surface area contributed by atoms with Crippen LogP contribution >= 0.6 is 0 Å². The van der Waals surface area contributed by atoms with Gasteiger partial charge in [0.25, 0.3) is 0 Å². The Morgan fingerprint density at radius 3 is 0.770 bits per heavy atom. The van der Waals surface area contributed by atoms with Crippen molar-refractivity contribution in [3.63, 3.8) is 0 Å². The van der Waals surface area contributed by atoms with E-state index in [2.05, 4.69) is 326 Å². The molecule has 9 aromatic carbocycles. The molecule has 0 unspecified atom stereocenters. The van der Waals surface area contributed by atoms with Gasteiger partial charge < -0.3 is 13.7 Å². The Hall–Kier alpha value is -8.54. The van der Waals surface area contributed by atoms with Crippen LogP contribution in [0.4, 0.5) is 0 Å². The molecule has 5 nitrogen and oxygen atoms in total. The zero-order valence-corrected chi connectivity index (χ0v) is 54.6. The lowest BCUT2D eigenvalue weighted by molar-refractivity contribution is 0.590. The first-order chi connectivity index (χ1) is 40.9. The average molecular weight is 1140 g/mol. The molecule has 0 N–H and O–H groups in total. The fraction of sp³-hybridized carbons (Fsp3) is 0.293. The van der Waals surface area contributed by atoms with E-state index >= 15 is 0 Å². The van der Waals surface area contributed by atoms with Crippen molar-refractivity contribution in [1.82, 2.24) is 23.7 Å². The summed E-state index contributed by atoms with van der Waals surface area (Å²) in [6.45, 7) is 41.9. The molecule has 87 heavy (non-hydrogen) atoms. The summed E-state index contributed by atoms with van der Waals surface area (Å²) in [6, 6.07) is 71.6. The third kappa shape index (κ3) is 10.1. The van der Waals surface area contributed by atoms with Crippen LogP contribution in [0.25, 0.3) is 116 Å². The van der Waals surface area contributed by atoms with Crippen molar-refractivity contribution in [2.45, 2.75) is 157 Å². The van der Waals surface area contributed by atoms with Gasteiger partial charge in [0.2, 0.25) is 0 Å². The molecule has 0 aliphatic rings. The Morgan fingerprint density at radius 1 is 0.241 bits per heavy atom. The van der Waals surface area contributed by atoms with Crippen molar-refractivity contribution in [3.8, 4) is 51.0 Å². The second-order valence-corrected chi connectivity index (χ2v) is 31.0. The van der Waals surface area contributed by atoms with E-state index < -0.39 is 0 Å². The Bertz CT molecular complexity index is 4440. The lowest BCUT2D eigenvalue weighted by Crippen LogP contribution is -2.13. The number of hydrogen-bond donors (Lipinski definition) is 0. The molecular formula is C82H85N5. The fourth-order valence-corrected chi connectivity index (χ4v) is 13.0. The normalized spacial score (nSPS) is 13.2. The monoisotopic (exact) mass is 1140 g/mol. The largest absolute Gasteiger partial charge is 0.307 e. The topological polar surface area (TPSA) is 40.6 Å². The average Bonchev–Trinajstić information content (AvgIpc) is 1.61. The van der Waals surface area contributed by atoms with Crippen molar-refractivity contribution in [1.29, 1.82) is 0 Å². The molecule has 0 saturated carbocycles. The van der Waals surface area contributed by atoms with Crippen molar-refractivity contribution in [2.24, 2.45) is 0 Å². The van der Waals surface area contributed by atoms with E-state index in [1.807, 2.05) is 0 Å². The number of benzene rings is 9. The fourth-order valence-electron chi connectivity index (χ4n) is 13.0. The minimum atomic E-state index is -0.0848. The van der Waals surface area contributed by atoms with Crippen LogP contribution in [0.1, 0.15) is 158 Å². The summed E-state index contributed by atoms with van der Waals surface area (Å²) in [6.07, 6.45) is 0. The molecule has 0 aliphatic heterocycles. The van der Waals surface area contributed by atoms with Crippen LogP contribution < -0.4 is 0 Å². The smallest absolute Gasteiger partial charge is 0.160 e. The molecule has 0 spiro atoms. The third-order valence-corrected chi connectivity index (χ3v) is 18.4. The number of rotatable bonds is 6. The van der Waals surface area contributed by atoms with Gasteiger partial charge in [-0.15, -0.1) is 0 Å². The standard InChI is InChI=1S/C82H85N5/c1-77(2,3)53-29-35-67-59(43-53)60-44-54(78(4,5)6)30-36-68(60)85(67)73-41-52(66-49-65(50-25-21-19-22-26-50)83-76(84-66)51-27-23-20-24-28-51)42-74(86-69-37-31-55(79(7,8)9)45-61(69)62-46-56(80(10,11)12)32-38-70(62)86)75(73)87-71-39-33-57(81(13,14)15)47-63(71)64-48-58(82(16,17)18)34-40-72(64)87/h19-49H,1-18H3. The highest BCUT2D eigenvalue weighted by atomic mass is 15.1. The zero-order valence-electron chi connectivity index (χ0n) is 54.6. The van der Waals surface area contributed by atoms with Gasteiger partial charge in [-0.2, -0.15) is 0 Å². The van der Waals surface area contributed by atoms with Crippen LogP contribution in [0.5, 0.6) is 0 Å². The summed E-state index contributed by atoms with van der Waals surface area (Å²) in [4.78, 5) is 11.0. The van der Waals surface area contributed by atoms with Gasteiger partial charge in [-0.1, -0.05) is 222 Å². The summed E-state index contributed by atoms with van der Waals surface area (Å²) in [5.74, 6) is 0.674. The van der Waals surface area contributed by atoms with E-state index in [1.54, 1.807) is 0 Å². The molecule has 0 saturated heterocycles. The SMILES string of the molecule is CC(C)(C)c1ccc2c(c1)c1cc(C(C)(C)C)ccc1n2-c1cc(-c2cc(-c3ccccc3)nc(-c3ccccc3)n2)cc(-n2c3ccc(C(C)(C)C)cc3c3cc(C(C)(C)C)ccc32)c1-n1c2ccc(C(C)(C)C)cc2c2cc(C(C)(C)C)ccc21. The highest BCUT2D eigenvalue weighted by Gasteiger charge is 2.31. The van der Waals surface area contributed by atoms with Gasteiger partial charge in [0, 0.05) is 49.0 Å². The van der Waals surface area contributed by atoms with Crippen molar-refractivity contribution >= 4 is 65.4 Å². The van der Waals surface area contributed by atoms with Gasteiger partial charge in [-0.3, -0.25) is 0 Å². The maximum Gasteiger partial charge on any atom is 0.160 e. The molecule has 0 atom stereocenters. The minimum absolute atomic E-state index is 0.0839. The van der Waals surface area contributed by atoms with E-state index in [9.17, 15) is 0 Å². The Morgan fingerprint density at radius 2 is 0.494 bits per heavy atom. The van der Waals surface area contributed by atoms with Crippen LogP contribution in [0.3, 0.4) is 0 Å². The molecule has 0 amide bonds. The molecule has 13 aromatic rings. The second kappa shape index (κ2) is 20.0. The van der Waals surface area contributed by atoms with Crippen molar-refractivity contribution < 1.29 is 0 Å². The summed E-state index contributed by atoms with van der Waals surface area (Å²) in [7, 11) is 0. The highest BCUT2D eigenvalue weighted by molar-refractivity contribution is 6.14. The summed E-state index contributed by atoms with van der Waals surface area (Å²) in [5.41, 5.74) is 22.0. The lowest BCUT2D eigenvalue weighted by Gasteiger charge is -2.25. The Balaban J connectivity index is 1.30. The zero-order chi connectivity index (χ0) is 61.7. The van der Waals surface area contributed by atoms with Crippen molar-refractivity contribution in [3.05, 3.63) is 221 Å². The van der Waals surface area contributed by atoms with E-state index in [0.717, 1.165) is 78.2 Å². The first kappa shape index (κ1) is 57.5. The second-order valence-electron chi connectivity index (χ2n) is 31.0. The number of nitrogens with zero attached hydrogens (tertiary/aromatic N) is 5. The Labute approximate surface area is 515 Å². The van der Waals surface area contributed by atoms with Crippen LogP contribution in [-0.2, 0) is 32.5 Å². The molecular weight excluding hydrogens is 1050 g/mol. The van der Waals surface area contributed by atoms with Crippen molar-refractivity contribution in [2.75, 3.05) is 0 Å². The van der Waals surface area contributed by atoms with Gasteiger partial charge in [0.05, 0.1) is 61.6 Å². The number of aromatic nitrogens is 5. The first-order valence-corrected chi connectivity index (χ1v) is 31.4. The highest BCUT2D eigenvalue weighted by Crippen LogP contribution is 2.48. The third-order valence-electron chi connectivity index (χ3n) is 18.4. The van der Waals surface area contributed by atoms with E-state index in [0.29, 0.717) is 5.82 Å². The van der Waals surface area contributed by atoms with Crippen LogP contribution in [0, 0.1) is 0 Å². The van der Waals surface area contributed by atoms with E-state index in [4.69, 9.17) is 9.97 Å². The number of hydrogen-bond acceptors (Lipinski definition) is 2. The number of fused-ring (bicyclic) bond motifs is 9. The minimum Gasteiger partial charge on any atom is -0.307 e. The first-order valence-electron chi connectivity index (χ1n) is 31.4. The molecule has 0 bridgehead atoms. The van der Waals surface area contributed by atoms with Crippen LogP contribution in [0.15, 0.2) is 188 Å². The molecule has 0 aliphatic carbocycles. The maximum atomic E-state index is 5.67. The summed E-state index contributed by atoms with van der Waals surface area (Å²) < 4.78 is 7.81. The molecule has 5 heteroatoms. The summed E-state index contributed by atoms with van der Waals surface area (Å²) in [5, 5.41) is 7.39. The molecule has 4 aromatic heterocycles. The van der Waals surface area contributed by atoms with Gasteiger partial charge in [-0.05, 0) is 157 Å².